The van der Waals surface area contributed by atoms with Crippen molar-refractivity contribution in [2.45, 2.75) is 46.1 Å². The first-order chi connectivity index (χ1) is 8.49. The van der Waals surface area contributed by atoms with E-state index in [-0.39, 0.29) is 6.04 Å². The van der Waals surface area contributed by atoms with Gasteiger partial charge < -0.3 is 5.32 Å². The highest BCUT2D eigenvalue weighted by Gasteiger charge is 2.07. The zero-order valence-corrected chi connectivity index (χ0v) is 11.5. The molecule has 0 saturated heterocycles. The Kier molecular flexibility index (Phi) is 6.27. The highest BCUT2D eigenvalue weighted by atomic mass is 19.1. The molecule has 0 bridgehead atoms. The lowest BCUT2D eigenvalue weighted by Gasteiger charge is -2.14. The van der Waals surface area contributed by atoms with Crippen molar-refractivity contribution in [1.29, 1.82) is 0 Å². The molecule has 0 fully saturated rings. The summed E-state index contributed by atoms with van der Waals surface area (Å²) in [4.78, 5) is 0. The summed E-state index contributed by atoms with van der Waals surface area (Å²) < 4.78 is 26.1. The highest BCUT2D eigenvalue weighted by Crippen LogP contribution is 2.16. The van der Waals surface area contributed by atoms with E-state index in [2.05, 4.69) is 19.2 Å². The fourth-order valence-electron chi connectivity index (χ4n) is 1.94. The van der Waals surface area contributed by atoms with Crippen molar-refractivity contribution < 1.29 is 8.78 Å². The van der Waals surface area contributed by atoms with Crippen LogP contribution < -0.4 is 5.32 Å². The smallest absolute Gasteiger partial charge is 0.126 e. The molecule has 0 heterocycles. The number of hydrogen-bond acceptors (Lipinski definition) is 1. The van der Waals surface area contributed by atoms with E-state index in [9.17, 15) is 8.78 Å². The quantitative estimate of drug-likeness (QED) is 0.710. The molecule has 1 atom stereocenters. The summed E-state index contributed by atoms with van der Waals surface area (Å²) in [7, 11) is 0. The largest absolute Gasteiger partial charge is 0.310 e. The Morgan fingerprint density at radius 3 is 2.17 bits per heavy atom. The van der Waals surface area contributed by atoms with Crippen LogP contribution in [0.3, 0.4) is 0 Å². The summed E-state index contributed by atoms with van der Waals surface area (Å²) in [5.74, 6) is -0.295. The van der Waals surface area contributed by atoms with Crippen LogP contribution in [0, 0.1) is 17.6 Å². The molecule has 0 aliphatic carbocycles. The predicted octanol–water partition coefficient (Wildman–Crippen LogP) is 4.44. The van der Waals surface area contributed by atoms with Crippen LogP contribution in [-0.4, -0.2) is 6.54 Å². The molecular weight excluding hydrogens is 232 g/mol. The lowest BCUT2D eigenvalue weighted by Crippen LogP contribution is -2.20. The lowest BCUT2D eigenvalue weighted by atomic mass is 10.1. The first-order valence-corrected chi connectivity index (χ1v) is 6.68. The Balaban J connectivity index is 2.34. The monoisotopic (exact) mass is 255 g/mol. The normalized spacial score (nSPS) is 13.0. The van der Waals surface area contributed by atoms with Gasteiger partial charge in [-0.15, -0.1) is 0 Å². The third-order valence-corrected chi connectivity index (χ3v) is 3.04. The maximum atomic E-state index is 13.1. The number of halogens is 2. The average Bonchev–Trinajstić information content (AvgIpc) is 2.26. The number of rotatable bonds is 7. The van der Waals surface area contributed by atoms with Crippen molar-refractivity contribution in [2.24, 2.45) is 5.92 Å². The first-order valence-electron chi connectivity index (χ1n) is 6.68. The van der Waals surface area contributed by atoms with Crippen LogP contribution in [-0.2, 0) is 0 Å². The van der Waals surface area contributed by atoms with E-state index in [1.54, 1.807) is 0 Å². The van der Waals surface area contributed by atoms with Gasteiger partial charge in [0.05, 0.1) is 0 Å². The molecule has 18 heavy (non-hydrogen) atoms. The fourth-order valence-corrected chi connectivity index (χ4v) is 1.94. The summed E-state index contributed by atoms with van der Waals surface area (Å²) in [6, 6.07) is 3.65. The minimum Gasteiger partial charge on any atom is -0.310 e. The third kappa shape index (κ3) is 5.58. The van der Waals surface area contributed by atoms with Gasteiger partial charge in [-0.05, 0) is 43.5 Å². The van der Waals surface area contributed by atoms with E-state index in [0.29, 0.717) is 5.56 Å². The first kappa shape index (κ1) is 15.1. The Labute approximate surface area is 109 Å². The molecule has 1 rings (SSSR count). The molecule has 3 heteroatoms. The van der Waals surface area contributed by atoms with Crippen LogP contribution in [0.2, 0.25) is 0 Å². The third-order valence-electron chi connectivity index (χ3n) is 3.04. The second kappa shape index (κ2) is 7.47. The molecule has 102 valence electrons. The maximum absolute atomic E-state index is 13.1. The second-order valence-electron chi connectivity index (χ2n) is 5.27. The van der Waals surface area contributed by atoms with Gasteiger partial charge in [0.2, 0.25) is 0 Å². The Bertz CT molecular complexity index is 343. The van der Waals surface area contributed by atoms with Gasteiger partial charge >= 0.3 is 0 Å². The standard InChI is InChI=1S/C15H23F2N/c1-11(2)6-4-5-7-18-12(3)13-8-14(16)10-15(17)9-13/h8-12,18H,4-7H2,1-3H3. The molecule has 1 aromatic carbocycles. The molecule has 0 aliphatic rings. The van der Waals surface area contributed by atoms with Crippen LogP contribution >= 0.6 is 0 Å². The number of hydrogen-bond donors (Lipinski definition) is 1. The Hall–Kier alpha value is -0.960. The molecule has 0 radical (unpaired) electrons. The summed E-state index contributed by atoms with van der Waals surface area (Å²) in [6.45, 7) is 7.24. The fraction of sp³-hybridized carbons (Fsp3) is 0.600. The van der Waals surface area contributed by atoms with Crippen LogP contribution in [0.4, 0.5) is 8.78 Å². The van der Waals surface area contributed by atoms with E-state index >= 15 is 0 Å². The zero-order valence-electron chi connectivity index (χ0n) is 11.5. The second-order valence-corrected chi connectivity index (χ2v) is 5.27. The van der Waals surface area contributed by atoms with Crippen molar-refractivity contribution in [3.05, 3.63) is 35.4 Å². The van der Waals surface area contributed by atoms with Gasteiger partial charge in [-0.2, -0.15) is 0 Å². The lowest BCUT2D eigenvalue weighted by molar-refractivity contribution is 0.494. The number of unbranched alkanes of at least 4 members (excludes halogenated alkanes) is 1. The van der Waals surface area contributed by atoms with Gasteiger partial charge in [-0.25, -0.2) is 8.78 Å². The summed E-state index contributed by atoms with van der Waals surface area (Å²) in [5, 5.41) is 3.29. The van der Waals surface area contributed by atoms with Crippen molar-refractivity contribution in [3.63, 3.8) is 0 Å². The molecule has 1 unspecified atom stereocenters. The molecule has 0 aliphatic heterocycles. The average molecular weight is 255 g/mol. The van der Waals surface area contributed by atoms with Gasteiger partial charge in [-0.1, -0.05) is 26.7 Å². The van der Waals surface area contributed by atoms with Crippen LogP contribution in [0.1, 0.15) is 51.6 Å². The SMILES string of the molecule is CC(C)CCCCNC(C)c1cc(F)cc(F)c1. The van der Waals surface area contributed by atoms with Crippen molar-refractivity contribution in [2.75, 3.05) is 6.54 Å². The minimum absolute atomic E-state index is 0.0192. The summed E-state index contributed by atoms with van der Waals surface area (Å²) in [5.41, 5.74) is 0.663. The highest BCUT2D eigenvalue weighted by molar-refractivity contribution is 5.20. The molecule has 0 aromatic heterocycles. The molecule has 0 amide bonds. The number of nitrogens with one attached hydrogen (secondary N) is 1. The van der Waals surface area contributed by atoms with Gasteiger partial charge in [0.1, 0.15) is 11.6 Å². The Morgan fingerprint density at radius 1 is 1.00 bits per heavy atom. The Morgan fingerprint density at radius 2 is 1.61 bits per heavy atom. The minimum atomic E-state index is -0.515. The molecule has 1 aromatic rings. The van der Waals surface area contributed by atoms with Gasteiger partial charge in [0.25, 0.3) is 0 Å². The molecular formula is C15H23F2N. The van der Waals surface area contributed by atoms with E-state index in [1.807, 2.05) is 6.92 Å². The van der Waals surface area contributed by atoms with E-state index in [0.717, 1.165) is 24.9 Å². The summed E-state index contributed by atoms with van der Waals surface area (Å²) in [6.07, 6.45) is 3.51. The van der Waals surface area contributed by atoms with Crippen molar-refractivity contribution in [1.82, 2.24) is 5.32 Å². The van der Waals surface area contributed by atoms with Crippen molar-refractivity contribution in [3.8, 4) is 0 Å². The number of benzene rings is 1. The van der Waals surface area contributed by atoms with Crippen LogP contribution in [0.5, 0.6) is 0 Å². The van der Waals surface area contributed by atoms with Gasteiger partial charge in [0, 0.05) is 12.1 Å². The summed E-state index contributed by atoms with van der Waals surface area (Å²) >= 11 is 0. The maximum Gasteiger partial charge on any atom is 0.126 e. The van der Waals surface area contributed by atoms with Crippen LogP contribution in [0.15, 0.2) is 18.2 Å². The van der Waals surface area contributed by atoms with E-state index in [1.165, 1.54) is 25.0 Å². The van der Waals surface area contributed by atoms with E-state index < -0.39 is 11.6 Å². The van der Waals surface area contributed by atoms with E-state index in [4.69, 9.17) is 0 Å². The zero-order chi connectivity index (χ0) is 13.5. The molecule has 0 saturated carbocycles. The predicted molar refractivity (Wildman–Crippen MR) is 71.5 cm³/mol. The van der Waals surface area contributed by atoms with Crippen molar-refractivity contribution >= 4 is 0 Å². The van der Waals surface area contributed by atoms with Crippen LogP contribution in [0.25, 0.3) is 0 Å². The topological polar surface area (TPSA) is 12.0 Å². The van der Waals surface area contributed by atoms with Gasteiger partial charge in [-0.3, -0.25) is 0 Å². The molecule has 1 N–H and O–H groups in total. The molecule has 0 spiro atoms. The van der Waals surface area contributed by atoms with Gasteiger partial charge in [0.15, 0.2) is 0 Å². The molecule has 1 nitrogen and oxygen atoms in total.